The van der Waals surface area contributed by atoms with Gasteiger partial charge >= 0.3 is 0 Å². The van der Waals surface area contributed by atoms with Crippen molar-refractivity contribution in [3.63, 3.8) is 0 Å². The molecule has 2 N–H and O–H groups in total. The van der Waals surface area contributed by atoms with Crippen LogP contribution in [-0.2, 0) is 6.42 Å². The second-order valence-corrected chi connectivity index (χ2v) is 4.85. The highest BCUT2D eigenvalue weighted by Gasteiger charge is 2.08. The van der Waals surface area contributed by atoms with E-state index in [1.54, 1.807) is 0 Å². The summed E-state index contributed by atoms with van der Waals surface area (Å²) in [6.45, 7) is 5.26. The predicted molar refractivity (Wildman–Crippen MR) is 79.4 cm³/mol. The lowest BCUT2D eigenvalue weighted by molar-refractivity contribution is 0.0885. The van der Waals surface area contributed by atoms with Crippen LogP contribution in [0.5, 0.6) is 11.5 Å². The third-order valence-corrected chi connectivity index (χ3v) is 2.91. The molecule has 0 spiro atoms. The molecule has 0 heterocycles. The summed E-state index contributed by atoms with van der Waals surface area (Å²) in [7, 11) is 0. The van der Waals surface area contributed by atoms with Gasteiger partial charge in [-0.1, -0.05) is 19.9 Å². The lowest BCUT2D eigenvalue weighted by Crippen LogP contribution is -2.12. The van der Waals surface area contributed by atoms with Gasteiger partial charge in [-0.15, -0.1) is 0 Å². The van der Waals surface area contributed by atoms with Gasteiger partial charge in [0.1, 0.15) is 0 Å². The summed E-state index contributed by atoms with van der Waals surface area (Å²) in [5.41, 5.74) is 1.08. The highest BCUT2D eigenvalue weighted by molar-refractivity contribution is 5.43. The van der Waals surface area contributed by atoms with Crippen LogP contribution in [0.3, 0.4) is 0 Å². The van der Waals surface area contributed by atoms with Gasteiger partial charge in [0.25, 0.3) is 0 Å². The number of aliphatic hydroxyl groups is 2. The Balaban J connectivity index is 2.72. The maximum atomic E-state index is 9.39. The molecule has 0 radical (unpaired) electrons. The van der Waals surface area contributed by atoms with E-state index in [0.717, 1.165) is 29.9 Å². The minimum absolute atomic E-state index is 0.198. The van der Waals surface area contributed by atoms with Crippen LogP contribution in [0.1, 0.15) is 38.7 Å². The van der Waals surface area contributed by atoms with Crippen LogP contribution in [0, 0.1) is 0 Å². The van der Waals surface area contributed by atoms with Crippen molar-refractivity contribution in [1.29, 1.82) is 0 Å². The maximum Gasteiger partial charge on any atom is 0.161 e. The number of hydrogen-bond acceptors (Lipinski definition) is 4. The molecule has 1 rings (SSSR count). The van der Waals surface area contributed by atoms with Crippen molar-refractivity contribution < 1.29 is 19.7 Å². The van der Waals surface area contributed by atoms with E-state index in [1.807, 2.05) is 18.2 Å². The summed E-state index contributed by atoms with van der Waals surface area (Å²) in [6.07, 6.45) is 2.49. The predicted octanol–water partition coefficient (Wildman–Crippen LogP) is 2.55. The zero-order chi connectivity index (χ0) is 14.8. The second-order valence-electron chi connectivity index (χ2n) is 4.85. The summed E-state index contributed by atoms with van der Waals surface area (Å²) < 4.78 is 11.4. The monoisotopic (exact) mass is 282 g/mol. The van der Waals surface area contributed by atoms with Crippen molar-refractivity contribution in [3.05, 3.63) is 23.8 Å². The normalized spacial score (nSPS) is 12.2. The molecule has 0 bridgehead atoms. The van der Waals surface area contributed by atoms with Gasteiger partial charge in [-0.05, 0) is 43.4 Å². The Kier molecular flexibility index (Phi) is 8.07. The molecule has 0 aromatic heterocycles. The minimum atomic E-state index is -0.661. The molecule has 4 heteroatoms. The van der Waals surface area contributed by atoms with Crippen molar-refractivity contribution in [2.75, 3.05) is 19.8 Å². The summed E-state index contributed by atoms with van der Waals surface area (Å²) in [5, 5.41) is 18.2. The third-order valence-electron chi connectivity index (χ3n) is 2.91. The molecule has 0 aliphatic rings. The maximum absolute atomic E-state index is 9.39. The van der Waals surface area contributed by atoms with Crippen molar-refractivity contribution in [3.8, 4) is 11.5 Å². The average Bonchev–Trinajstić information content (AvgIpc) is 2.49. The molecule has 0 fully saturated rings. The van der Waals surface area contributed by atoms with E-state index in [2.05, 4.69) is 13.8 Å². The van der Waals surface area contributed by atoms with Gasteiger partial charge < -0.3 is 19.7 Å². The van der Waals surface area contributed by atoms with Crippen LogP contribution in [0.15, 0.2) is 18.2 Å². The van der Waals surface area contributed by atoms with Crippen molar-refractivity contribution in [2.45, 2.75) is 45.6 Å². The van der Waals surface area contributed by atoms with Crippen LogP contribution in [0.25, 0.3) is 0 Å². The summed E-state index contributed by atoms with van der Waals surface area (Å²) in [6, 6.07) is 5.86. The number of rotatable bonds is 10. The second kappa shape index (κ2) is 9.61. The fraction of sp³-hybridized carbons (Fsp3) is 0.625. The van der Waals surface area contributed by atoms with E-state index in [1.165, 1.54) is 0 Å². The van der Waals surface area contributed by atoms with Gasteiger partial charge in [-0.2, -0.15) is 0 Å². The van der Waals surface area contributed by atoms with E-state index in [-0.39, 0.29) is 6.61 Å². The topological polar surface area (TPSA) is 58.9 Å². The van der Waals surface area contributed by atoms with Crippen molar-refractivity contribution in [2.24, 2.45) is 0 Å². The number of aliphatic hydroxyl groups excluding tert-OH is 2. The molecule has 0 saturated carbocycles. The molecule has 1 unspecified atom stereocenters. The van der Waals surface area contributed by atoms with E-state index in [9.17, 15) is 5.11 Å². The summed E-state index contributed by atoms with van der Waals surface area (Å²) in [4.78, 5) is 0. The third kappa shape index (κ3) is 5.80. The number of aryl methyl sites for hydroxylation is 1. The van der Waals surface area contributed by atoms with Crippen LogP contribution in [0.4, 0.5) is 0 Å². The van der Waals surface area contributed by atoms with Crippen molar-refractivity contribution in [1.82, 2.24) is 0 Å². The number of benzene rings is 1. The molecule has 1 atom stereocenters. The largest absolute Gasteiger partial charge is 0.490 e. The van der Waals surface area contributed by atoms with Gasteiger partial charge in [-0.25, -0.2) is 0 Å². The number of hydrogen-bond donors (Lipinski definition) is 2. The van der Waals surface area contributed by atoms with Crippen LogP contribution >= 0.6 is 0 Å². The highest BCUT2D eigenvalue weighted by atomic mass is 16.5. The Hall–Kier alpha value is -1.26. The molecule has 20 heavy (non-hydrogen) atoms. The van der Waals surface area contributed by atoms with E-state index < -0.39 is 6.10 Å². The first-order valence-corrected chi connectivity index (χ1v) is 7.38. The van der Waals surface area contributed by atoms with E-state index >= 15 is 0 Å². The lowest BCUT2D eigenvalue weighted by atomic mass is 10.1. The Morgan fingerprint density at radius 2 is 1.70 bits per heavy atom. The SMILES string of the molecule is CCCOc1ccc(CCC(O)CO)cc1OCCC. The molecule has 4 nitrogen and oxygen atoms in total. The van der Waals surface area contributed by atoms with E-state index in [4.69, 9.17) is 14.6 Å². The summed E-state index contributed by atoms with van der Waals surface area (Å²) >= 11 is 0. The fourth-order valence-electron chi connectivity index (χ4n) is 1.79. The van der Waals surface area contributed by atoms with Gasteiger partial charge in [0.2, 0.25) is 0 Å². The van der Waals surface area contributed by atoms with E-state index in [0.29, 0.717) is 26.1 Å². The van der Waals surface area contributed by atoms with Crippen molar-refractivity contribution >= 4 is 0 Å². The van der Waals surface area contributed by atoms with Gasteiger partial charge in [-0.3, -0.25) is 0 Å². The quantitative estimate of drug-likeness (QED) is 0.692. The molecular formula is C16H26O4. The molecule has 0 saturated heterocycles. The zero-order valence-corrected chi connectivity index (χ0v) is 12.5. The van der Waals surface area contributed by atoms with Crippen LogP contribution in [0.2, 0.25) is 0 Å². The highest BCUT2D eigenvalue weighted by Crippen LogP contribution is 2.29. The van der Waals surface area contributed by atoms with Gasteiger partial charge in [0, 0.05) is 0 Å². The van der Waals surface area contributed by atoms with Gasteiger partial charge in [0.05, 0.1) is 25.9 Å². The molecule has 0 amide bonds. The standard InChI is InChI=1S/C16H26O4/c1-3-9-19-15-8-6-13(5-7-14(18)12-17)11-16(15)20-10-4-2/h6,8,11,14,17-18H,3-5,7,9-10,12H2,1-2H3. The Bertz CT molecular complexity index is 379. The Labute approximate surface area is 121 Å². The number of ether oxygens (including phenoxy) is 2. The summed E-state index contributed by atoms with van der Waals surface area (Å²) in [5.74, 6) is 1.53. The minimum Gasteiger partial charge on any atom is -0.490 e. The Morgan fingerprint density at radius 1 is 1.05 bits per heavy atom. The first kappa shape index (κ1) is 16.8. The van der Waals surface area contributed by atoms with Gasteiger partial charge in [0.15, 0.2) is 11.5 Å². The van der Waals surface area contributed by atoms with Crippen LogP contribution in [-0.4, -0.2) is 36.1 Å². The molecule has 1 aromatic rings. The molecule has 1 aromatic carbocycles. The lowest BCUT2D eigenvalue weighted by Gasteiger charge is -2.14. The van der Waals surface area contributed by atoms with Crippen LogP contribution < -0.4 is 9.47 Å². The molecule has 0 aliphatic carbocycles. The molecule has 0 aliphatic heterocycles. The molecular weight excluding hydrogens is 256 g/mol. The first-order valence-electron chi connectivity index (χ1n) is 7.38. The molecule has 114 valence electrons. The first-order chi connectivity index (χ1) is 9.71. The fourth-order valence-corrected chi connectivity index (χ4v) is 1.79. The smallest absolute Gasteiger partial charge is 0.161 e. The average molecular weight is 282 g/mol. The zero-order valence-electron chi connectivity index (χ0n) is 12.5. The Morgan fingerprint density at radius 3 is 2.30 bits per heavy atom.